The van der Waals surface area contributed by atoms with Crippen LogP contribution in [0.2, 0.25) is 19.6 Å². The van der Waals surface area contributed by atoms with Gasteiger partial charge in [-0.2, -0.15) is 0 Å². The zero-order valence-electron chi connectivity index (χ0n) is 13.9. The maximum absolute atomic E-state index is 6.42. The summed E-state index contributed by atoms with van der Waals surface area (Å²) in [6.07, 6.45) is 0. The van der Waals surface area contributed by atoms with Gasteiger partial charge in [-0.25, -0.2) is 0 Å². The molecule has 1 aromatic rings. The summed E-state index contributed by atoms with van der Waals surface area (Å²) < 4.78 is 19.6. The van der Waals surface area contributed by atoms with Gasteiger partial charge in [0.15, 0.2) is 0 Å². The molecule has 0 radical (unpaired) electrons. The number of fused-ring (bicyclic) bond motifs is 6. The van der Waals surface area contributed by atoms with Crippen LogP contribution in [0, 0.1) is 0 Å². The van der Waals surface area contributed by atoms with Gasteiger partial charge in [0, 0.05) is 0 Å². The van der Waals surface area contributed by atoms with E-state index in [1.165, 1.54) is 5.56 Å². The number of nitrogens with zero attached hydrogens (tertiary/aromatic N) is 1. The quantitative estimate of drug-likeness (QED) is 0.752. The third-order valence-corrected chi connectivity index (χ3v) is 19.8. The Kier molecular flexibility index (Phi) is 5.11. The fourth-order valence-corrected chi connectivity index (χ4v) is 19.0. The number of rotatable bonds is 3. The van der Waals surface area contributed by atoms with Crippen LogP contribution in [0.1, 0.15) is 9.94 Å². The summed E-state index contributed by atoms with van der Waals surface area (Å²) in [6.45, 7) is 12.5. The summed E-state index contributed by atoms with van der Waals surface area (Å²) in [4.78, 5) is 2.37. The zero-order valence-corrected chi connectivity index (χ0v) is 17.0. The summed E-state index contributed by atoms with van der Waals surface area (Å²) >= 11 is -3.32. The summed E-state index contributed by atoms with van der Waals surface area (Å²) in [7, 11) is -1.55. The van der Waals surface area contributed by atoms with Gasteiger partial charge in [-0.3, -0.25) is 0 Å². The Bertz CT molecular complexity index is 467. The van der Waals surface area contributed by atoms with E-state index in [-0.39, 0.29) is 0 Å². The van der Waals surface area contributed by atoms with Gasteiger partial charge in [-0.05, 0) is 0 Å². The molecule has 1 unspecified atom stereocenters. The fourth-order valence-electron chi connectivity index (χ4n) is 3.54. The van der Waals surface area contributed by atoms with Gasteiger partial charge >= 0.3 is 138 Å². The standard InChI is InChI=1S/C16H27GeNO3Si/c1-22(2,3)16(15-7-5-4-6-8-15)17-19-12-9-18(10-13-20-17)11-14-21-17/h4-8,16H,9-14H2,1-3H3. The predicted molar refractivity (Wildman–Crippen MR) is 92.6 cm³/mol. The van der Waals surface area contributed by atoms with Crippen LogP contribution >= 0.6 is 0 Å². The zero-order chi connectivity index (χ0) is 15.6. The van der Waals surface area contributed by atoms with Crippen molar-refractivity contribution in [2.45, 2.75) is 24.0 Å². The minimum atomic E-state index is -3.32. The minimum absolute atomic E-state index is 0.346. The molecule has 4 nitrogen and oxygen atoms in total. The van der Waals surface area contributed by atoms with Crippen molar-refractivity contribution in [3.05, 3.63) is 35.9 Å². The Balaban J connectivity index is 2.00. The number of benzene rings is 1. The monoisotopic (exact) mass is 383 g/mol. The molecular formula is C16H27GeNO3Si. The van der Waals surface area contributed by atoms with Crippen LogP contribution in [0.15, 0.2) is 30.3 Å². The number of hydrogen-bond donors (Lipinski definition) is 0. The second-order valence-corrected chi connectivity index (χ2v) is 19.3. The average Bonchev–Trinajstić information content (AvgIpc) is 2.39. The summed E-state index contributed by atoms with van der Waals surface area (Å²) in [6, 6.07) is 10.8. The van der Waals surface area contributed by atoms with E-state index >= 15 is 0 Å². The van der Waals surface area contributed by atoms with Crippen molar-refractivity contribution in [3.63, 3.8) is 0 Å². The molecule has 2 bridgehead atoms. The Morgan fingerprint density at radius 3 is 1.86 bits per heavy atom. The Morgan fingerprint density at radius 1 is 0.909 bits per heavy atom. The first kappa shape index (κ1) is 16.7. The first-order chi connectivity index (χ1) is 10.5. The van der Waals surface area contributed by atoms with Crippen LogP contribution in [-0.4, -0.2) is 66.7 Å². The fraction of sp³-hybridized carbons (Fsp3) is 0.625. The molecule has 3 saturated heterocycles. The van der Waals surface area contributed by atoms with Gasteiger partial charge in [-0.15, -0.1) is 0 Å². The van der Waals surface area contributed by atoms with Crippen LogP contribution in [0.4, 0.5) is 0 Å². The van der Waals surface area contributed by atoms with Crippen molar-refractivity contribution >= 4 is 22.3 Å². The van der Waals surface area contributed by atoms with Crippen LogP contribution in [-0.2, 0) is 11.3 Å². The molecule has 0 spiro atoms. The molecule has 3 aliphatic heterocycles. The molecule has 0 aromatic heterocycles. The van der Waals surface area contributed by atoms with Crippen LogP contribution < -0.4 is 0 Å². The molecule has 1 atom stereocenters. The van der Waals surface area contributed by atoms with Crippen LogP contribution in [0.3, 0.4) is 0 Å². The van der Waals surface area contributed by atoms with Gasteiger partial charge in [0.2, 0.25) is 0 Å². The van der Waals surface area contributed by atoms with Crippen LogP contribution in [0.5, 0.6) is 0 Å². The molecule has 0 saturated carbocycles. The molecule has 3 heterocycles. The maximum atomic E-state index is 6.42. The summed E-state index contributed by atoms with van der Waals surface area (Å²) in [5, 5.41) is 0. The van der Waals surface area contributed by atoms with Crippen molar-refractivity contribution in [2.75, 3.05) is 39.5 Å². The first-order valence-electron chi connectivity index (χ1n) is 8.20. The van der Waals surface area contributed by atoms with Crippen molar-refractivity contribution in [3.8, 4) is 0 Å². The molecule has 0 aliphatic carbocycles. The van der Waals surface area contributed by atoms with Crippen LogP contribution in [0.25, 0.3) is 0 Å². The molecule has 122 valence electrons. The third kappa shape index (κ3) is 3.49. The molecule has 6 heteroatoms. The topological polar surface area (TPSA) is 30.9 Å². The Labute approximate surface area is 138 Å². The van der Waals surface area contributed by atoms with Crippen molar-refractivity contribution in [1.29, 1.82) is 0 Å². The van der Waals surface area contributed by atoms with Gasteiger partial charge in [0.25, 0.3) is 0 Å². The summed E-state index contributed by atoms with van der Waals surface area (Å²) in [5.74, 6) is 0. The molecule has 1 aromatic carbocycles. The second-order valence-electron chi connectivity index (χ2n) is 7.20. The number of hydrogen-bond acceptors (Lipinski definition) is 4. The molecule has 3 aliphatic rings. The van der Waals surface area contributed by atoms with Crippen molar-refractivity contribution in [2.24, 2.45) is 0 Å². The van der Waals surface area contributed by atoms with Gasteiger partial charge in [-0.1, -0.05) is 0 Å². The molecule has 4 rings (SSSR count). The normalized spacial score (nSPS) is 31.1. The van der Waals surface area contributed by atoms with E-state index in [2.05, 4.69) is 54.9 Å². The molecule has 22 heavy (non-hydrogen) atoms. The second kappa shape index (κ2) is 6.75. The van der Waals surface area contributed by atoms with E-state index in [9.17, 15) is 0 Å². The Hall–Kier alpha value is -0.180. The third-order valence-electron chi connectivity index (χ3n) is 4.48. The van der Waals surface area contributed by atoms with E-state index in [0.29, 0.717) is 4.37 Å². The van der Waals surface area contributed by atoms with Gasteiger partial charge in [0.05, 0.1) is 0 Å². The van der Waals surface area contributed by atoms with E-state index in [1.807, 2.05) is 0 Å². The summed E-state index contributed by atoms with van der Waals surface area (Å²) in [5.41, 5.74) is 1.35. The average molecular weight is 382 g/mol. The SMILES string of the molecule is C[Si](C)(C)[CH](c1ccccc1)[Ge]12[O]CCN(CC[O]1)CC[O]2. The van der Waals surface area contributed by atoms with E-state index in [0.717, 1.165) is 39.5 Å². The van der Waals surface area contributed by atoms with E-state index in [1.54, 1.807) is 0 Å². The van der Waals surface area contributed by atoms with Crippen molar-refractivity contribution in [1.82, 2.24) is 4.90 Å². The molecular weight excluding hydrogens is 355 g/mol. The first-order valence-corrected chi connectivity index (χ1v) is 15.6. The van der Waals surface area contributed by atoms with Gasteiger partial charge < -0.3 is 0 Å². The van der Waals surface area contributed by atoms with E-state index in [4.69, 9.17) is 11.3 Å². The molecule has 0 amide bonds. The molecule has 3 fully saturated rings. The predicted octanol–water partition coefficient (Wildman–Crippen LogP) is 2.50. The van der Waals surface area contributed by atoms with Crippen molar-refractivity contribution < 1.29 is 11.3 Å². The van der Waals surface area contributed by atoms with E-state index < -0.39 is 22.3 Å². The molecule has 0 N–H and O–H groups in total. The van der Waals surface area contributed by atoms with Gasteiger partial charge in [0.1, 0.15) is 0 Å². The Morgan fingerprint density at radius 2 is 1.41 bits per heavy atom.